The minimum atomic E-state index is 0.112. The van der Waals surface area contributed by atoms with Crippen LogP contribution >= 0.6 is 0 Å². The molecule has 0 unspecified atom stereocenters. The van der Waals surface area contributed by atoms with E-state index >= 15 is 0 Å². The number of H-pyrrole nitrogens is 1. The van der Waals surface area contributed by atoms with Gasteiger partial charge in [-0.05, 0) is 37.6 Å². The molecule has 0 amide bonds. The lowest BCUT2D eigenvalue weighted by molar-refractivity contribution is 0.0987. The Kier molecular flexibility index (Phi) is 2.79. The molecule has 3 N–H and O–H groups in total. The molecule has 3 nitrogen and oxygen atoms in total. The van der Waals surface area contributed by atoms with Crippen molar-refractivity contribution in [3.8, 4) is 0 Å². The highest BCUT2D eigenvalue weighted by molar-refractivity contribution is 6.09. The maximum absolute atomic E-state index is 11.9. The van der Waals surface area contributed by atoms with E-state index in [4.69, 9.17) is 5.73 Å². The van der Waals surface area contributed by atoms with Crippen LogP contribution in [-0.4, -0.2) is 17.3 Å². The quantitative estimate of drug-likeness (QED) is 0.773. The molecular weight excluding hydrogens is 200 g/mol. The minimum absolute atomic E-state index is 0.112. The zero-order valence-electron chi connectivity index (χ0n) is 9.63. The van der Waals surface area contributed by atoms with Gasteiger partial charge >= 0.3 is 0 Å². The number of carbonyl (C=O) groups is 1. The lowest BCUT2D eigenvalue weighted by Gasteiger charge is -2.02. The monoisotopic (exact) mass is 216 g/mol. The molecule has 3 heteroatoms. The summed E-state index contributed by atoms with van der Waals surface area (Å²) in [6.07, 6.45) is 2.19. The maximum Gasteiger partial charge on any atom is 0.166 e. The van der Waals surface area contributed by atoms with E-state index in [1.54, 1.807) is 6.20 Å². The highest BCUT2D eigenvalue weighted by Gasteiger charge is 2.13. The number of fused-ring (bicyclic) bond motifs is 1. The number of benzene rings is 1. The van der Waals surface area contributed by atoms with Crippen LogP contribution in [-0.2, 0) is 0 Å². The Hall–Kier alpha value is -1.61. The number of rotatable bonds is 3. The number of aryl methyl sites for hydroxylation is 2. The minimum Gasteiger partial charge on any atom is -0.360 e. The van der Waals surface area contributed by atoms with Crippen molar-refractivity contribution in [3.05, 3.63) is 35.0 Å². The first-order valence-corrected chi connectivity index (χ1v) is 5.45. The van der Waals surface area contributed by atoms with Gasteiger partial charge in [0.05, 0.1) is 0 Å². The van der Waals surface area contributed by atoms with Gasteiger partial charge in [-0.3, -0.25) is 4.79 Å². The molecule has 0 aliphatic heterocycles. The van der Waals surface area contributed by atoms with Gasteiger partial charge in [0.1, 0.15) is 0 Å². The first-order chi connectivity index (χ1) is 7.63. The molecule has 16 heavy (non-hydrogen) atoms. The summed E-state index contributed by atoms with van der Waals surface area (Å²) in [7, 11) is 0. The Balaban J connectivity index is 2.60. The van der Waals surface area contributed by atoms with Crippen LogP contribution in [0.3, 0.4) is 0 Å². The molecule has 0 aliphatic carbocycles. The molecule has 0 bridgehead atoms. The summed E-state index contributed by atoms with van der Waals surface area (Å²) >= 11 is 0. The van der Waals surface area contributed by atoms with Gasteiger partial charge in [-0.15, -0.1) is 0 Å². The second-order valence-corrected chi connectivity index (χ2v) is 4.17. The molecule has 0 aliphatic rings. The Labute approximate surface area is 94.6 Å². The number of carbonyl (C=O) groups excluding carboxylic acids is 1. The van der Waals surface area contributed by atoms with Crippen LogP contribution in [0.5, 0.6) is 0 Å². The van der Waals surface area contributed by atoms with Crippen LogP contribution in [0.2, 0.25) is 0 Å². The van der Waals surface area contributed by atoms with Crippen LogP contribution in [0.1, 0.15) is 27.9 Å². The third-order valence-electron chi connectivity index (χ3n) is 2.79. The topological polar surface area (TPSA) is 58.9 Å². The zero-order valence-corrected chi connectivity index (χ0v) is 9.63. The standard InChI is InChI=1S/C13H16N2O/c1-8-5-9(2)13-10(12(16)3-4-14)7-15-11(13)6-8/h5-7,15H,3-4,14H2,1-2H3. The normalized spacial score (nSPS) is 10.9. The molecule has 1 aromatic heterocycles. The Morgan fingerprint density at radius 3 is 2.81 bits per heavy atom. The number of hydrogen-bond acceptors (Lipinski definition) is 2. The molecule has 0 saturated heterocycles. The zero-order chi connectivity index (χ0) is 11.7. The van der Waals surface area contributed by atoms with Crippen LogP contribution in [0.15, 0.2) is 18.3 Å². The highest BCUT2D eigenvalue weighted by atomic mass is 16.1. The molecule has 0 fully saturated rings. The summed E-state index contributed by atoms with van der Waals surface area (Å²) in [6, 6.07) is 4.15. The predicted molar refractivity (Wildman–Crippen MR) is 65.8 cm³/mol. The molecule has 84 valence electrons. The SMILES string of the molecule is Cc1cc(C)c2c(C(=O)CCN)c[nH]c2c1. The summed E-state index contributed by atoms with van der Waals surface area (Å²) in [6.45, 7) is 4.48. The van der Waals surface area contributed by atoms with Crippen molar-refractivity contribution in [1.29, 1.82) is 0 Å². The van der Waals surface area contributed by atoms with Gasteiger partial charge in [0, 0.05) is 29.1 Å². The van der Waals surface area contributed by atoms with Gasteiger partial charge in [-0.2, -0.15) is 0 Å². The Bertz CT molecular complexity index is 540. The molecule has 2 aromatic rings. The number of hydrogen-bond donors (Lipinski definition) is 2. The predicted octanol–water partition coefficient (Wildman–Crippen LogP) is 2.32. The molecule has 0 spiro atoms. The van der Waals surface area contributed by atoms with Crippen LogP contribution < -0.4 is 5.73 Å². The van der Waals surface area contributed by atoms with Crippen molar-refractivity contribution in [3.63, 3.8) is 0 Å². The summed E-state index contributed by atoms with van der Waals surface area (Å²) in [5, 5.41) is 1.03. The third-order valence-corrected chi connectivity index (χ3v) is 2.79. The average Bonchev–Trinajstić information content (AvgIpc) is 2.61. The van der Waals surface area contributed by atoms with Crippen LogP contribution in [0.25, 0.3) is 10.9 Å². The van der Waals surface area contributed by atoms with Crippen molar-refractivity contribution in [2.24, 2.45) is 5.73 Å². The van der Waals surface area contributed by atoms with E-state index in [9.17, 15) is 4.79 Å². The van der Waals surface area contributed by atoms with Gasteiger partial charge in [0.2, 0.25) is 0 Å². The molecule has 0 radical (unpaired) electrons. The average molecular weight is 216 g/mol. The van der Waals surface area contributed by atoms with Gasteiger partial charge in [0.25, 0.3) is 0 Å². The fourth-order valence-corrected chi connectivity index (χ4v) is 2.15. The van der Waals surface area contributed by atoms with E-state index in [2.05, 4.69) is 24.0 Å². The van der Waals surface area contributed by atoms with E-state index < -0.39 is 0 Å². The number of nitrogens with one attached hydrogen (secondary N) is 1. The molecule has 0 saturated carbocycles. The number of nitrogens with two attached hydrogens (primary N) is 1. The Morgan fingerprint density at radius 2 is 2.12 bits per heavy atom. The van der Waals surface area contributed by atoms with Crippen LogP contribution in [0.4, 0.5) is 0 Å². The van der Waals surface area contributed by atoms with Gasteiger partial charge in [-0.25, -0.2) is 0 Å². The fraction of sp³-hybridized carbons (Fsp3) is 0.308. The molecule has 0 atom stereocenters. The summed E-state index contributed by atoms with van der Waals surface area (Å²) in [5.74, 6) is 0.112. The molecule has 1 heterocycles. The van der Waals surface area contributed by atoms with Crippen molar-refractivity contribution >= 4 is 16.7 Å². The maximum atomic E-state index is 11.9. The summed E-state index contributed by atoms with van der Waals surface area (Å²) < 4.78 is 0. The van der Waals surface area contributed by atoms with Crippen molar-refractivity contribution in [1.82, 2.24) is 4.98 Å². The summed E-state index contributed by atoms with van der Waals surface area (Å²) in [5.41, 5.74) is 9.53. The number of ketones is 1. The Morgan fingerprint density at radius 1 is 1.38 bits per heavy atom. The molecular formula is C13H16N2O. The van der Waals surface area contributed by atoms with E-state index in [0.29, 0.717) is 13.0 Å². The van der Waals surface area contributed by atoms with Gasteiger partial charge < -0.3 is 10.7 Å². The van der Waals surface area contributed by atoms with E-state index in [-0.39, 0.29) is 5.78 Å². The van der Waals surface area contributed by atoms with Crippen molar-refractivity contribution in [2.45, 2.75) is 20.3 Å². The second kappa shape index (κ2) is 4.10. The van der Waals surface area contributed by atoms with Gasteiger partial charge in [-0.1, -0.05) is 6.07 Å². The number of Topliss-reactive ketones (excluding diaryl/α,β-unsaturated/α-hetero) is 1. The van der Waals surface area contributed by atoms with Gasteiger partial charge in [0.15, 0.2) is 5.78 Å². The first-order valence-electron chi connectivity index (χ1n) is 5.45. The van der Waals surface area contributed by atoms with Crippen molar-refractivity contribution < 1.29 is 4.79 Å². The smallest absolute Gasteiger partial charge is 0.166 e. The number of aromatic nitrogens is 1. The van der Waals surface area contributed by atoms with E-state index in [1.165, 1.54) is 5.56 Å². The third kappa shape index (κ3) is 1.74. The first kappa shape index (κ1) is 10.9. The lowest BCUT2D eigenvalue weighted by atomic mass is 10.0. The second-order valence-electron chi connectivity index (χ2n) is 4.17. The number of aromatic amines is 1. The molecule has 1 aromatic carbocycles. The van der Waals surface area contributed by atoms with E-state index in [1.807, 2.05) is 6.92 Å². The molecule has 2 rings (SSSR count). The lowest BCUT2D eigenvalue weighted by Crippen LogP contribution is -2.07. The van der Waals surface area contributed by atoms with Crippen LogP contribution in [0, 0.1) is 13.8 Å². The fourth-order valence-electron chi connectivity index (χ4n) is 2.15. The summed E-state index contributed by atoms with van der Waals surface area (Å²) in [4.78, 5) is 15.0. The highest BCUT2D eigenvalue weighted by Crippen LogP contribution is 2.24. The van der Waals surface area contributed by atoms with Crippen molar-refractivity contribution in [2.75, 3.05) is 6.54 Å². The largest absolute Gasteiger partial charge is 0.360 e. The van der Waals surface area contributed by atoms with E-state index in [0.717, 1.165) is 22.0 Å².